The van der Waals surface area contributed by atoms with Crippen LogP contribution in [0.4, 0.5) is 0 Å². The maximum atomic E-state index is 13.1. The van der Waals surface area contributed by atoms with Crippen LogP contribution in [0.2, 0.25) is 0 Å². The monoisotopic (exact) mass is 467 g/mol. The molecule has 1 amide bonds. The van der Waals surface area contributed by atoms with Crippen molar-refractivity contribution in [2.45, 2.75) is 12.5 Å². The van der Waals surface area contributed by atoms with Crippen molar-refractivity contribution < 1.29 is 14.7 Å². The second-order valence-electron chi connectivity index (χ2n) is 6.76. The third-order valence-electron chi connectivity index (χ3n) is 4.96. The predicted molar refractivity (Wildman–Crippen MR) is 117 cm³/mol. The third kappa shape index (κ3) is 3.91. The van der Waals surface area contributed by atoms with E-state index in [1.54, 1.807) is 17.0 Å². The molecule has 1 aliphatic heterocycles. The zero-order valence-electron chi connectivity index (χ0n) is 15.4. The molecule has 2 heterocycles. The van der Waals surface area contributed by atoms with E-state index in [0.717, 1.165) is 15.6 Å². The van der Waals surface area contributed by atoms with Crippen LogP contribution in [0.15, 0.2) is 87.9 Å². The number of aliphatic hydroxyl groups excluding tert-OH is 1. The van der Waals surface area contributed by atoms with Crippen molar-refractivity contribution >= 4 is 39.0 Å². The van der Waals surface area contributed by atoms with Crippen molar-refractivity contribution in [2.75, 3.05) is 6.54 Å². The average Bonchev–Trinajstić information content (AvgIpc) is 3.36. The maximum Gasteiger partial charge on any atom is 0.290 e. The van der Waals surface area contributed by atoms with Crippen molar-refractivity contribution in [3.8, 4) is 0 Å². The lowest BCUT2D eigenvalue weighted by Gasteiger charge is -2.27. The van der Waals surface area contributed by atoms with Gasteiger partial charge in [-0.2, -0.15) is 0 Å². The molecule has 146 valence electrons. The first-order valence-corrected chi connectivity index (χ1v) is 10.8. The highest BCUT2D eigenvalue weighted by atomic mass is 79.9. The molecule has 4 rings (SSSR count). The molecule has 0 fully saturated rings. The van der Waals surface area contributed by atoms with E-state index in [9.17, 15) is 14.7 Å². The second kappa shape index (κ2) is 8.35. The summed E-state index contributed by atoms with van der Waals surface area (Å²) in [5.41, 5.74) is 2.03. The Labute approximate surface area is 181 Å². The van der Waals surface area contributed by atoms with E-state index >= 15 is 0 Å². The molecule has 4 nitrogen and oxygen atoms in total. The molecule has 2 aromatic carbocycles. The van der Waals surface area contributed by atoms with Gasteiger partial charge in [0.2, 0.25) is 5.78 Å². The van der Waals surface area contributed by atoms with Crippen LogP contribution < -0.4 is 0 Å². The number of aliphatic hydroxyl groups is 1. The highest BCUT2D eigenvalue weighted by molar-refractivity contribution is 9.10. The Kier molecular flexibility index (Phi) is 5.65. The lowest BCUT2D eigenvalue weighted by Crippen LogP contribution is -2.33. The molecule has 0 unspecified atom stereocenters. The zero-order valence-corrected chi connectivity index (χ0v) is 17.8. The average molecular weight is 468 g/mol. The van der Waals surface area contributed by atoms with Gasteiger partial charge in [-0.15, -0.1) is 11.3 Å². The lowest BCUT2D eigenvalue weighted by molar-refractivity contribution is -0.129. The van der Waals surface area contributed by atoms with Crippen LogP contribution in [0.3, 0.4) is 0 Å². The standard InChI is InChI=1S/C23H18BrNO3S/c24-17-10-8-16(9-11-17)20-19(21(26)18-7-4-14-29-18)22(27)23(28)25(20)13-12-15-5-2-1-3-6-15/h1-11,14,20,27H,12-13H2/t20-/m1/s1. The van der Waals surface area contributed by atoms with E-state index in [2.05, 4.69) is 15.9 Å². The summed E-state index contributed by atoms with van der Waals surface area (Å²) in [4.78, 5) is 28.2. The van der Waals surface area contributed by atoms with E-state index in [1.807, 2.05) is 60.0 Å². The fraction of sp³-hybridized carbons (Fsp3) is 0.130. The lowest BCUT2D eigenvalue weighted by atomic mass is 9.95. The topological polar surface area (TPSA) is 57.6 Å². The van der Waals surface area contributed by atoms with Gasteiger partial charge in [0, 0.05) is 11.0 Å². The minimum Gasteiger partial charge on any atom is -0.503 e. The summed E-state index contributed by atoms with van der Waals surface area (Å²) in [6.45, 7) is 0.398. The van der Waals surface area contributed by atoms with E-state index in [-0.39, 0.29) is 11.4 Å². The van der Waals surface area contributed by atoms with Crippen molar-refractivity contribution in [1.82, 2.24) is 4.90 Å². The number of halogens is 1. The Bertz CT molecular complexity index is 1060. The van der Waals surface area contributed by atoms with Crippen LogP contribution in [0.25, 0.3) is 0 Å². The van der Waals surface area contributed by atoms with Gasteiger partial charge in [-0.05, 0) is 41.1 Å². The molecule has 0 spiro atoms. The van der Waals surface area contributed by atoms with Gasteiger partial charge in [-0.25, -0.2) is 0 Å². The van der Waals surface area contributed by atoms with Crippen molar-refractivity contribution in [1.29, 1.82) is 0 Å². The molecule has 3 aromatic rings. The van der Waals surface area contributed by atoms with Crippen molar-refractivity contribution in [3.63, 3.8) is 0 Å². The number of nitrogens with zero attached hydrogens (tertiary/aromatic N) is 1. The number of amides is 1. The number of carbonyl (C=O) groups excluding carboxylic acids is 2. The SMILES string of the molecule is O=C(C1=C(O)C(=O)N(CCc2ccccc2)[C@@H]1c1ccc(Br)cc1)c1cccs1. The van der Waals surface area contributed by atoms with Crippen molar-refractivity contribution in [3.05, 3.63) is 104 Å². The van der Waals surface area contributed by atoms with Gasteiger partial charge in [0.25, 0.3) is 5.91 Å². The Hall–Kier alpha value is -2.70. The molecule has 0 saturated carbocycles. The van der Waals surface area contributed by atoms with Crippen LogP contribution in [-0.2, 0) is 11.2 Å². The Morgan fingerprint density at radius 3 is 2.41 bits per heavy atom. The van der Waals surface area contributed by atoms with Crippen molar-refractivity contribution in [2.24, 2.45) is 0 Å². The fourth-order valence-corrected chi connectivity index (χ4v) is 4.48. The number of benzene rings is 2. The summed E-state index contributed by atoms with van der Waals surface area (Å²) in [6.07, 6.45) is 0.632. The molecule has 29 heavy (non-hydrogen) atoms. The first-order valence-electron chi connectivity index (χ1n) is 9.18. The molecule has 1 aliphatic rings. The Morgan fingerprint density at radius 1 is 1.03 bits per heavy atom. The van der Waals surface area contributed by atoms with Gasteiger partial charge in [-0.1, -0.05) is 64.5 Å². The van der Waals surface area contributed by atoms with Gasteiger partial charge >= 0.3 is 0 Å². The van der Waals surface area contributed by atoms with Crippen LogP contribution in [-0.4, -0.2) is 28.2 Å². The van der Waals surface area contributed by atoms with Gasteiger partial charge in [0.15, 0.2) is 5.76 Å². The smallest absolute Gasteiger partial charge is 0.290 e. The van der Waals surface area contributed by atoms with E-state index < -0.39 is 17.7 Å². The summed E-state index contributed by atoms with van der Waals surface area (Å²) >= 11 is 4.72. The first-order chi connectivity index (χ1) is 14.1. The summed E-state index contributed by atoms with van der Waals surface area (Å²) < 4.78 is 0.903. The number of ketones is 1. The summed E-state index contributed by atoms with van der Waals surface area (Å²) in [5, 5.41) is 12.5. The first kappa shape index (κ1) is 19.6. The van der Waals surface area contributed by atoms with E-state index in [1.165, 1.54) is 11.3 Å². The third-order valence-corrected chi connectivity index (χ3v) is 6.36. The number of hydrogen-bond donors (Lipinski definition) is 1. The summed E-state index contributed by atoms with van der Waals surface area (Å²) in [7, 11) is 0. The Morgan fingerprint density at radius 2 is 1.76 bits per heavy atom. The molecule has 1 atom stereocenters. The summed E-state index contributed by atoms with van der Waals surface area (Å²) in [5.74, 6) is -1.26. The highest BCUT2D eigenvalue weighted by Gasteiger charge is 2.43. The normalized spacial score (nSPS) is 16.5. The Balaban J connectivity index is 1.71. The van der Waals surface area contributed by atoms with E-state index in [0.29, 0.717) is 17.8 Å². The van der Waals surface area contributed by atoms with Crippen LogP contribution in [0.5, 0.6) is 0 Å². The van der Waals surface area contributed by atoms with E-state index in [4.69, 9.17) is 0 Å². The van der Waals surface area contributed by atoms with Crippen LogP contribution >= 0.6 is 27.3 Å². The number of hydrogen-bond acceptors (Lipinski definition) is 4. The number of Topliss-reactive ketones (excluding diaryl/α,β-unsaturated/α-hetero) is 1. The number of thiophene rings is 1. The second-order valence-corrected chi connectivity index (χ2v) is 8.62. The molecular formula is C23H18BrNO3S. The minimum absolute atomic E-state index is 0.146. The molecule has 0 aliphatic carbocycles. The molecular weight excluding hydrogens is 450 g/mol. The summed E-state index contributed by atoms with van der Waals surface area (Å²) in [6, 6.07) is 20.2. The molecule has 6 heteroatoms. The molecule has 0 radical (unpaired) electrons. The molecule has 1 aromatic heterocycles. The highest BCUT2D eigenvalue weighted by Crippen LogP contribution is 2.39. The van der Waals surface area contributed by atoms with Gasteiger partial charge in [0.05, 0.1) is 16.5 Å². The minimum atomic E-state index is -0.617. The predicted octanol–water partition coefficient (Wildman–Crippen LogP) is 5.33. The molecule has 0 saturated heterocycles. The van der Waals surface area contributed by atoms with Gasteiger partial charge in [0.1, 0.15) is 0 Å². The zero-order chi connectivity index (χ0) is 20.4. The molecule has 0 bridgehead atoms. The van der Waals surface area contributed by atoms with Crippen LogP contribution in [0, 0.1) is 0 Å². The van der Waals surface area contributed by atoms with Crippen LogP contribution in [0.1, 0.15) is 26.8 Å². The fourth-order valence-electron chi connectivity index (χ4n) is 3.54. The van der Waals surface area contributed by atoms with Gasteiger partial charge < -0.3 is 10.0 Å². The molecule has 1 N–H and O–H groups in total. The quantitative estimate of drug-likeness (QED) is 0.498. The van der Waals surface area contributed by atoms with Gasteiger partial charge in [-0.3, -0.25) is 9.59 Å². The number of rotatable bonds is 6. The largest absolute Gasteiger partial charge is 0.503 e. The maximum absolute atomic E-state index is 13.1. The number of carbonyl (C=O) groups is 2.